The summed E-state index contributed by atoms with van der Waals surface area (Å²) in [7, 11) is 0. The number of halogens is 2. The lowest BCUT2D eigenvalue weighted by molar-refractivity contribution is 0.237. The number of ether oxygens (including phenoxy) is 2. The van der Waals surface area contributed by atoms with Gasteiger partial charge in [-0.05, 0) is 70.9 Å². The smallest absolute Gasteiger partial charge is 0.161 e. The van der Waals surface area contributed by atoms with E-state index < -0.39 is 0 Å². The molecule has 2 aromatic carbocycles. The van der Waals surface area contributed by atoms with E-state index in [0.29, 0.717) is 11.8 Å². The van der Waals surface area contributed by atoms with Gasteiger partial charge in [0.15, 0.2) is 11.5 Å². The van der Waals surface area contributed by atoms with Gasteiger partial charge >= 0.3 is 0 Å². The first-order valence-corrected chi connectivity index (χ1v) is 17.1. The molecule has 38 heavy (non-hydrogen) atoms. The van der Waals surface area contributed by atoms with E-state index in [1.165, 1.54) is 60.8 Å². The Morgan fingerprint density at radius 2 is 1.18 bits per heavy atom. The van der Waals surface area contributed by atoms with E-state index in [2.05, 4.69) is 110 Å². The van der Waals surface area contributed by atoms with E-state index in [4.69, 9.17) is 9.47 Å². The van der Waals surface area contributed by atoms with E-state index in [9.17, 15) is 0 Å². The van der Waals surface area contributed by atoms with E-state index in [0.717, 1.165) is 60.1 Å². The summed E-state index contributed by atoms with van der Waals surface area (Å²) in [6.45, 7) is 15.4. The van der Waals surface area contributed by atoms with Gasteiger partial charge in [-0.2, -0.15) is 0 Å². The zero-order valence-corrected chi connectivity index (χ0v) is 28.0. The molecule has 0 heterocycles. The van der Waals surface area contributed by atoms with E-state index in [1.54, 1.807) is 0 Å². The van der Waals surface area contributed by atoms with Crippen LogP contribution in [0.3, 0.4) is 0 Å². The average Bonchev–Trinajstić information content (AvgIpc) is 2.88. The highest BCUT2D eigenvalue weighted by Gasteiger charge is 2.13. The molecule has 4 heteroatoms. The van der Waals surface area contributed by atoms with Crippen molar-refractivity contribution in [3.05, 3.63) is 47.5 Å². The Kier molecular flexibility index (Phi) is 16.1. The van der Waals surface area contributed by atoms with Gasteiger partial charge in [-0.1, -0.05) is 136 Å². The van der Waals surface area contributed by atoms with Gasteiger partial charge in [-0.15, -0.1) is 0 Å². The molecule has 0 aliphatic heterocycles. The van der Waals surface area contributed by atoms with Gasteiger partial charge in [0.25, 0.3) is 0 Å². The van der Waals surface area contributed by atoms with Crippen molar-refractivity contribution in [3.8, 4) is 22.6 Å². The molecule has 2 aromatic rings. The van der Waals surface area contributed by atoms with Crippen LogP contribution in [-0.4, -0.2) is 13.2 Å². The van der Waals surface area contributed by atoms with Crippen LogP contribution in [0.1, 0.15) is 104 Å². The molecule has 0 spiro atoms. The lowest BCUT2D eigenvalue weighted by Crippen LogP contribution is -2.08. The molecule has 0 saturated carbocycles. The van der Waals surface area contributed by atoms with Crippen LogP contribution in [0, 0.1) is 23.7 Å². The molecule has 0 aliphatic carbocycles. The summed E-state index contributed by atoms with van der Waals surface area (Å²) in [6, 6.07) is 13.2. The monoisotopic (exact) mass is 650 g/mol. The molecule has 0 bridgehead atoms. The molecule has 0 amide bonds. The Labute approximate surface area is 250 Å². The maximum Gasteiger partial charge on any atom is 0.161 e. The van der Waals surface area contributed by atoms with Gasteiger partial charge in [-0.25, -0.2) is 0 Å². The van der Waals surface area contributed by atoms with Crippen LogP contribution in [0.15, 0.2) is 36.4 Å². The van der Waals surface area contributed by atoms with Gasteiger partial charge in [0, 0.05) is 10.7 Å². The second-order valence-electron chi connectivity index (χ2n) is 12.1. The summed E-state index contributed by atoms with van der Waals surface area (Å²) in [5.41, 5.74) is 4.98. The molecule has 2 atom stereocenters. The Bertz CT molecular complexity index is 925. The van der Waals surface area contributed by atoms with Crippen molar-refractivity contribution >= 4 is 31.9 Å². The molecule has 2 rings (SSSR count). The van der Waals surface area contributed by atoms with Gasteiger partial charge in [0.1, 0.15) is 0 Å². The number of hydrogen-bond acceptors (Lipinski definition) is 2. The highest BCUT2D eigenvalue weighted by molar-refractivity contribution is 9.08. The third-order valence-corrected chi connectivity index (χ3v) is 8.67. The van der Waals surface area contributed by atoms with Crippen molar-refractivity contribution in [2.24, 2.45) is 23.7 Å². The number of alkyl halides is 2. The van der Waals surface area contributed by atoms with Crippen molar-refractivity contribution in [2.75, 3.05) is 13.2 Å². The second kappa shape index (κ2) is 18.4. The fourth-order valence-corrected chi connectivity index (χ4v) is 5.62. The lowest BCUT2D eigenvalue weighted by atomic mass is 9.97. The van der Waals surface area contributed by atoms with Gasteiger partial charge in [0.05, 0.1) is 13.2 Å². The minimum absolute atomic E-state index is 0.670. The molecule has 0 saturated heterocycles. The van der Waals surface area contributed by atoms with E-state index in [1.807, 2.05) is 0 Å². The number of hydrogen-bond donors (Lipinski definition) is 0. The van der Waals surface area contributed by atoms with Crippen molar-refractivity contribution < 1.29 is 9.47 Å². The van der Waals surface area contributed by atoms with E-state index >= 15 is 0 Å². The quantitative estimate of drug-likeness (QED) is 0.141. The Morgan fingerprint density at radius 1 is 0.605 bits per heavy atom. The summed E-state index contributed by atoms with van der Waals surface area (Å²) in [6.07, 6.45) is 9.93. The normalized spacial score (nSPS) is 13.2. The van der Waals surface area contributed by atoms with Crippen molar-refractivity contribution in [1.29, 1.82) is 0 Å². The minimum Gasteiger partial charge on any atom is -0.490 e. The molecule has 2 unspecified atom stereocenters. The molecule has 0 N–H and O–H groups in total. The average molecular weight is 653 g/mol. The Morgan fingerprint density at radius 3 is 1.71 bits per heavy atom. The first-order valence-electron chi connectivity index (χ1n) is 14.9. The molecule has 0 radical (unpaired) electrons. The predicted octanol–water partition coefficient (Wildman–Crippen LogP) is 11.6. The highest BCUT2D eigenvalue weighted by Crippen LogP contribution is 2.36. The SMILES string of the molecule is CC(C)CCCC(C)CCOc1ccc(-c2cc(CBr)ccc2CBr)cc1OCCC(C)CCCC(C)C. The van der Waals surface area contributed by atoms with Crippen LogP contribution in [0.2, 0.25) is 0 Å². The summed E-state index contributed by atoms with van der Waals surface area (Å²) in [4.78, 5) is 0. The lowest BCUT2D eigenvalue weighted by Gasteiger charge is -2.18. The number of rotatable bonds is 19. The van der Waals surface area contributed by atoms with Crippen LogP contribution >= 0.6 is 31.9 Å². The molecule has 0 aliphatic rings. The third-order valence-electron chi connectivity index (χ3n) is 7.42. The fraction of sp³-hybridized carbons (Fsp3) is 0.647. The first-order chi connectivity index (χ1) is 18.2. The summed E-state index contributed by atoms with van der Waals surface area (Å²) in [5.74, 6) is 4.66. The fourth-order valence-electron chi connectivity index (χ4n) is 4.78. The minimum atomic E-state index is 0.670. The van der Waals surface area contributed by atoms with Crippen LogP contribution in [0.5, 0.6) is 11.5 Å². The molecular weight excluding hydrogens is 600 g/mol. The zero-order valence-electron chi connectivity index (χ0n) is 24.8. The second-order valence-corrected chi connectivity index (χ2v) is 13.2. The van der Waals surface area contributed by atoms with Crippen LogP contribution in [-0.2, 0) is 10.7 Å². The maximum atomic E-state index is 6.43. The first kappa shape index (κ1) is 33.2. The van der Waals surface area contributed by atoms with Crippen LogP contribution < -0.4 is 9.47 Å². The molecule has 0 aromatic heterocycles. The summed E-state index contributed by atoms with van der Waals surface area (Å²) >= 11 is 7.29. The summed E-state index contributed by atoms with van der Waals surface area (Å²) < 4.78 is 12.8. The molecular formula is C34H52Br2O2. The summed E-state index contributed by atoms with van der Waals surface area (Å²) in [5, 5.41) is 1.67. The van der Waals surface area contributed by atoms with Gasteiger partial charge in [0.2, 0.25) is 0 Å². The largest absolute Gasteiger partial charge is 0.490 e. The maximum absolute atomic E-state index is 6.43. The van der Waals surface area contributed by atoms with Gasteiger partial charge in [-0.3, -0.25) is 0 Å². The topological polar surface area (TPSA) is 18.5 Å². The van der Waals surface area contributed by atoms with Crippen molar-refractivity contribution in [3.63, 3.8) is 0 Å². The zero-order chi connectivity index (χ0) is 27.9. The van der Waals surface area contributed by atoms with E-state index in [-0.39, 0.29) is 0 Å². The molecule has 214 valence electrons. The third kappa shape index (κ3) is 12.5. The van der Waals surface area contributed by atoms with Crippen molar-refractivity contribution in [1.82, 2.24) is 0 Å². The Hall–Kier alpha value is -1.00. The molecule has 2 nitrogen and oxygen atoms in total. The van der Waals surface area contributed by atoms with Crippen LogP contribution in [0.25, 0.3) is 11.1 Å². The van der Waals surface area contributed by atoms with Crippen LogP contribution in [0.4, 0.5) is 0 Å². The Balaban J connectivity index is 2.11. The van der Waals surface area contributed by atoms with Crippen molar-refractivity contribution in [2.45, 2.75) is 104 Å². The number of benzene rings is 2. The predicted molar refractivity (Wildman–Crippen MR) is 173 cm³/mol. The highest BCUT2D eigenvalue weighted by atomic mass is 79.9. The molecule has 0 fully saturated rings. The van der Waals surface area contributed by atoms with Gasteiger partial charge < -0.3 is 9.47 Å². The standard InChI is InChI=1S/C34H52Br2O2/c1-25(2)9-7-11-27(5)17-19-37-33-16-15-30(32-21-29(23-35)13-14-31(32)24-36)22-34(33)38-20-18-28(6)12-8-10-26(3)4/h13-16,21-22,25-28H,7-12,17-20,23-24H2,1-6H3.